The van der Waals surface area contributed by atoms with Gasteiger partial charge in [-0.15, -0.1) is 0 Å². The Labute approximate surface area is 161 Å². The van der Waals surface area contributed by atoms with E-state index in [4.69, 9.17) is 18.9 Å². The van der Waals surface area contributed by atoms with Gasteiger partial charge in [-0.2, -0.15) is 0 Å². The van der Waals surface area contributed by atoms with E-state index in [1.54, 1.807) is 7.11 Å². The quantitative estimate of drug-likeness (QED) is 0.573. The summed E-state index contributed by atoms with van der Waals surface area (Å²) in [4.78, 5) is 23.2. The van der Waals surface area contributed by atoms with Crippen LogP contribution in [0.25, 0.3) is 0 Å². The van der Waals surface area contributed by atoms with Gasteiger partial charge >= 0.3 is 11.9 Å². The van der Waals surface area contributed by atoms with E-state index in [0.717, 1.165) is 24.2 Å². The van der Waals surface area contributed by atoms with Crippen LogP contribution in [0.15, 0.2) is 18.2 Å². The number of ether oxygens (including phenoxy) is 4. The van der Waals surface area contributed by atoms with Crippen LogP contribution in [-0.2, 0) is 19.1 Å². The molecule has 0 aromatic heterocycles. The Morgan fingerprint density at radius 3 is 2.07 bits per heavy atom. The summed E-state index contributed by atoms with van der Waals surface area (Å²) >= 11 is 0. The zero-order chi connectivity index (χ0) is 19.6. The van der Waals surface area contributed by atoms with Crippen LogP contribution < -0.4 is 9.47 Å². The molecule has 0 atom stereocenters. The normalized spacial score (nSPS) is 14.2. The average molecular weight is 378 g/mol. The SMILES string of the molecule is COC(=O)CCC(CCC(=O)OC)c1ccc(OC)c(OC2CCCC2)c1. The lowest BCUT2D eigenvalue weighted by Crippen LogP contribution is -2.13. The van der Waals surface area contributed by atoms with Crippen molar-refractivity contribution in [1.82, 2.24) is 0 Å². The van der Waals surface area contributed by atoms with Gasteiger partial charge in [-0.05, 0) is 62.1 Å². The van der Waals surface area contributed by atoms with E-state index in [9.17, 15) is 9.59 Å². The Morgan fingerprint density at radius 1 is 0.963 bits per heavy atom. The second-order valence-electron chi connectivity index (χ2n) is 6.86. The van der Waals surface area contributed by atoms with Crippen molar-refractivity contribution in [3.05, 3.63) is 23.8 Å². The van der Waals surface area contributed by atoms with Gasteiger partial charge in [0, 0.05) is 12.8 Å². The predicted molar refractivity (Wildman–Crippen MR) is 101 cm³/mol. The second kappa shape index (κ2) is 10.8. The van der Waals surface area contributed by atoms with Gasteiger partial charge in [0.2, 0.25) is 0 Å². The highest BCUT2D eigenvalue weighted by molar-refractivity contribution is 5.70. The number of carbonyl (C=O) groups excluding carboxylic acids is 2. The molecule has 1 aliphatic carbocycles. The van der Waals surface area contributed by atoms with Crippen LogP contribution in [-0.4, -0.2) is 39.4 Å². The first-order chi connectivity index (χ1) is 13.1. The molecule has 0 unspecified atom stereocenters. The lowest BCUT2D eigenvalue weighted by molar-refractivity contribution is -0.141. The van der Waals surface area contributed by atoms with Crippen molar-refractivity contribution in [3.8, 4) is 11.5 Å². The summed E-state index contributed by atoms with van der Waals surface area (Å²) in [5, 5.41) is 0. The van der Waals surface area contributed by atoms with Gasteiger partial charge in [-0.25, -0.2) is 0 Å². The number of benzene rings is 1. The molecule has 1 fully saturated rings. The van der Waals surface area contributed by atoms with Crippen LogP contribution in [0.2, 0.25) is 0 Å². The lowest BCUT2D eigenvalue weighted by atomic mass is 9.89. The van der Waals surface area contributed by atoms with E-state index < -0.39 is 0 Å². The molecule has 1 aliphatic rings. The summed E-state index contributed by atoms with van der Waals surface area (Å²) in [5.74, 6) is 0.941. The maximum atomic E-state index is 11.6. The van der Waals surface area contributed by atoms with Gasteiger partial charge in [0.1, 0.15) is 0 Å². The minimum Gasteiger partial charge on any atom is -0.493 e. The van der Waals surface area contributed by atoms with Crippen LogP contribution >= 0.6 is 0 Å². The Hall–Kier alpha value is -2.24. The summed E-state index contributed by atoms with van der Waals surface area (Å²) < 4.78 is 21.1. The number of methoxy groups -OCH3 is 3. The van der Waals surface area contributed by atoms with Crippen molar-refractivity contribution in [3.63, 3.8) is 0 Å². The molecular formula is C21H30O6. The molecule has 6 nitrogen and oxygen atoms in total. The summed E-state index contributed by atoms with van der Waals surface area (Å²) in [6, 6.07) is 5.85. The first kappa shape index (κ1) is 21.1. The monoisotopic (exact) mass is 378 g/mol. The van der Waals surface area contributed by atoms with Crippen LogP contribution in [0, 0.1) is 0 Å². The maximum absolute atomic E-state index is 11.6. The van der Waals surface area contributed by atoms with Crippen LogP contribution in [0.3, 0.4) is 0 Å². The zero-order valence-corrected chi connectivity index (χ0v) is 16.5. The molecule has 0 saturated heterocycles. The van der Waals surface area contributed by atoms with Gasteiger partial charge in [0.05, 0.1) is 27.4 Å². The smallest absolute Gasteiger partial charge is 0.305 e. The maximum Gasteiger partial charge on any atom is 0.305 e. The molecule has 6 heteroatoms. The fraction of sp³-hybridized carbons (Fsp3) is 0.619. The minimum absolute atomic E-state index is 0.0278. The van der Waals surface area contributed by atoms with E-state index in [1.807, 2.05) is 18.2 Å². The highest BCUT2D eigenvalue weighted by atomic mass is 16.5. The molecule has 0 N–H and O–H groups in total. The van der Waals surface area contributed by atoms with Gasteiger partial charge < -0.3 is 18.9 Å². The summed E-state index contributed by atoms with van der Waals surface area (Å²) in [5.41, 5.74) is 1.02. The molecule has 0 bridgehead atoms. The summed E-state index contributed by atoms with van der Waals surface area (Å²) in [6.45, 7) is 0. The van der Waals surface area contributed by atoms with E-state index >= 15 is 0 Å². The third-order valence-electron chi connectivity index (χ3n) is 5.10. The molecule has 1 saturated carbocycles. The van der Waals surface area contributed by atoms with Crippen LogP contribution in [0.1, 0.15) is 62.8 Å². The molecule has 1 aromatic carbocycles. The molecule has 27 heavy (non-hydrogen) atoms. The number of carbonyl (C=O) groups is 2. The molecule has 0 radical (unpaired) electrons. The zero-order valence-electron chi connectivity index (χ0n) is 16.5. The average Bonchev–Trinajstić information content (AvgIpc) is 3.20. The molecule has 0 heterocycles. The molecule has 0 spiro atoms. The van der Waals surface area contributed by atoms with Crippen molar-refractivity contribution in [2.75, 3.05) is 21.3 Å². The Kier molecular flexibility index (Phi) is 8.43. The van der Waals surface area contributed by atoms with E-state index in [1.165, 1.54) is 27.1 Å². The van der Waals surface area contributed by atoms with Crippen molar-refractivity contribution in [2.24, 2.45) is 0 Å². The molecule has 0 amide bonds. The molecule has 1 aromatic rings. The standard InChI is InChI=1S/C21H30O6/c1-24-18-11-8-16(14-19(18)27-17-6-4-5-7-17)15(9-12-20(22)25-2)10-13-21(23)26-3/h8,11,14-15,17H,4-7,9-10,12-13H2,1-3H3. The van der Waals surface area contributed by atoms with E-state index in [-0.39, 0.29) is 24.0 Å². The Balaban J connectivity index is 2.17. The third kappa shape index (κ3) is 6.45. The largest absolute Gasteiger partial charge is 0.493 e. The predicted octanol–water partition coefficient (Wildman–Crippen LogP) is 4.01. The first-order valence-electron chi connectivity index (χ1n) is 9.55. The van der Waals surface area contributed by atoms with E-state index in [0.29, 0.717) is 31.4 Å². The second-order valence-corrected chi connectivity index (χ2v) is 6.86. The van der Waals surface area contributed by atoms with Gasteiger partial charge in [0.15, 0.2) is 11.5 Å². The van der Waals surface area contributed by atoms with Gasteiger partial charge in [-0.3, -0.25) is 9.59 Å². The molecular weight excluding hydrogens is 348 g/mol. The minimum atomic E-state index is -0.256. The van der Waals surface area contributed by atoms with Gasteiger partial charge in [0.25, 0.3) is 0 Å². The highest BCUT2D eigenvalue weighted by Crippen LogP contribution is 2.36. The van der Waals surface area contributed by atoms with Crippen LogP contribution in [0.5, 0.6) is 11.5 Å². The molecule has 150 valence electrons. The highest BCUT2D eigenvalue weighted by Gasteiger charge is 2.21. The topological polar surface area (TPSA) is 71.1 Å². The fourth-order valence-corrected chi connectivity index (χ4v) is 3.49. The molecule has 0 aliphatic heterocycles. The van der Waals surface area contributed by atoms with Crippen molar-refractivity contribution < 1.29 is 28.5 Å². The number of esters is 2. The Bertz CT molecular complexity index is 601. The number of hydrogen-bond acceptors (Lipinski definition) is 6. The van der Waals surface area contributed by atoms with Gasteiger partial charge in [-0.1, -0.05) is 6.07 Å². The van der Waals surface area contributed by atoms with Crippen LogP contribution in [0.4, 0.5) is 0 Å². The number of rotatable bonds is 10. The fourth-order valence-electron chi connectivity index (χ4n) is 3.49. The summed E-state index contributed by atoms with van der Waals surface area (Å²) in [6.07, 6.45) is 6.50. The summed E-state index contributed by atoms with van der Waals surface area (Å²) in [7, 11) is 4.39. The molecule has 2 rings (SSSR count). The van der Waals surface area contributed by atoms with Crippen molar-refractivity contribution in [2.45, 2.75) is 63.4 Å². The third-order valence-corrected chi connectivity index (χ3v) is 5.10. The first-order valence-corrected chi connectivity index (χ1v) is 9.55. The Morgan fingerprint density at radius 2 is 1.56 bits per heavy atom. The number of hydrogen-bond donors (Lipinski definition) is 0. The lowest BCUT2D eigenvalue weighted by Gasteiger charge is -2.21. The van der Waals surface area contributed by atoms with E-state index in [2.05, 4.69) is 0 Å². The van der Waals surface area contributed by atoms with Crippen molar-refractivity contribution >= 4 is 11.9 Å². The van der Waals surface area contributed by atoms with Crippen molar-refractivity contribution in [1.29, 1.82) is 0 Å².